The molecule has 45 heavy (non-hydrogen) atoms. The quantitative estimate of drug-likeness (QED) is 0.180. The Bertz CT molecular complexity index is 1640. The molecule has 1 heterocycles. The number of hydroxylamine groups is 3. The van der Waals surface area contributed by atoms with Crippen molar-refractivity contribution in [2.24, 2.45) is 4.99 Å². The number of carbonyl (C=O) groups excluding carboxylic acids is 1. The summed E-state index contributed by atoms with van der Waals surface area (Å²) in [5.41, 5.74) is 2.13. The van der Waals surface area contributed by atoms with Crippen molar-refractivity contribution in [1.82, 2.24) is 10.4 Å². The van der Waals surface area contributed by atoms with E-state index in [1.165, 1.54) is 5.06 Å². The van der Waals surface area contributed by atoms with Gasteiger partial charge in [-0.25, -0.2) is 10.1 Å². The van der Waals surface area contributed by atoms with Crippen molar-refractivity contribution < 1.29 is 15.2 Å². The number of nitrogens with one attached hydrogen (secondary N) is 1. The second-order valence-corrected chi connectivity index (χ2v) is 14.0. The summed E-state index contributed by atoms with van der Waals surface area (Å²) in [5, 5.41) is 28.7. The van der Waals surface area contributed by atoms with Gasteiger partial charge >= 0.3 is 0 Å². The predicted octanol–water partition coefficient (Wildman–Crippen LogP) is 7.67. The number of rotatable bonds is 8. The third kappa shape index (κ3) is 6.03. The number of carbonyl (C=O) groups is 1. The van der Waals surface area contributed by atoms with Crippen LogP contribution in [0.1, 0.15) is 70.7 Å². The van der Waals surface area contributed by atoms with Crippen LogP contribution in [-0.2, 0) is 16.8 Å². The maximum Gasteiger partial charge on any atom is 0.242 e. The largest absolute Gasteiger partial charge is 0.349 e. The summed E-state index contributed by atoms with van der Waals surface area (Å²) in [6.45, 7) is 12.9. The van der Waals surface area contributed by atoms with Crippen molar-refractivity contribution in [2.45, 2.75) is 77.0 Å². The van der Waals surface area contributed by atoms with Crippen molar-refractivity contribution in [3.05, 3.63) is 131 Å². The molecule has 5 rings (SSSR count). The van der Waals surface area contributed by atoms with Crippen LogP contribution in [0, 0.1) is 0 Å². The molecule has 0 aromatic heterocycles. The highest BCUT2D eigenvalue weighted by Gasteiger charge is 2.52. The number of hydrogen-bond donors (Lipinski definition) is 3. The lowest BCUT2D eigenvalue weighted by Gasteiger charge is -2.42. The highest BCUT2D eigenvalue weighted by molar-refractivity contribution is 6.19. The summed E-state index contributed by atoms with van der Waals surface area (Å²) in [7, 11) is 0. The van der Waals surface area contributed by atoms with E-state index in [0.717, 1.165) is 38.7 Å². The van der Waals surface area contributed by atoms with Crippen LogP contribution in [0.3, 0.4) is 0 Å². The molecule has 4 aromatic rings. The van der Waals surface area contributed by atoms with Crippen molar-refractivity contribution >= 4 is 23.0 Å². The van der Waals surface area contributed by atoms with E-state index in [9.17, 15) is 15.2 Å². The molecule has 234 valence electrons. The van der Waals surface area contributed by atoms with Gasteiger partial charge in [0, 0.05) is 16.6 Å². The molecule has 0 spiro atoms. The van der Waals surface area contributed by atoms with Gasteiger partial charge in [-0.15, -0.1) is 0 Å². The normalized spacial score (nSPS) is 15.8. The first kappa shape index (κ1) is 32.1. The second-order valence-electron chi connectivity index (χ2n) is 14.0. The first-order valence-electron chi connectivity index (χ1n) is 15.4. The molecule has 3 N–H and O–H groups in total. The van der Waals surface area contributed by atoms with Crippen LogP contribution in [0.4, 0.5) is 11.4 Å². The number of fused-ring (bicyclic) bond motifs is 1. The average Bonchev–Trinajstić information content (AvgIpc) is 3.24. The van der Waals surface area contributed by atoms with Crippen LogP contribution in [0.15, 0.2) is 114 Å². The molecule has 0 atom stereocenters. The molecule has 4 aromatic carbocycles. The minimum atomic E-state index is -1.15. The monoisotopic (exact) mass is 604 g/mol. The first-order chi connectivity index (χ1) is 21.2. The highest BCUT2D eigenvalue weighted by Crippen LogP contribution is 2.49. The number of amides is 1. The van der Waals surface area contributed by atoms with Crippen molar-refractivity contribution in [1.29, 1.82) is 0 Å². The molecule has 0 bridgehead atoms. The number of anilines is 1. The van der Waals surface area contributed by atoms with Gasteiger partial charge in [0.1, 0.15) is 5.54 Å². The highest BCUT2D eigenvalue weighted by atomic mass is 16.5. The second kappa shape index (κ2) is 11.9. The molecular formula is C38H44N4O3. The molecule has 1 aliphatic heterocycles. The van der Waals surface area contributed by atoms with Gasteiger partial charge in [0.05, 0.1) is 17.1 Å². The lowest BCUT2D eigenvalue weighted by Crippen LogP contribution is -2.62. The predicted molar refractivity (Wildman–Crippen MR) is 180 cm³/mol. The summed E-state index contributed by atoms with van der Waals surface area (Å²) in [6, 6.07) is 35.7. The molecule has 0 saturated carbocycles. The summed E-state index contributed by atoms with van der Waals surface area (Å²) in [4.78, 5) is 18.6. The Morgan fingerprint density at radius 1 is 0.800 bits per heavy atom. The minimum Gasteiger partial charge on any atom is -0.349 e. The van der Waals surface area contributed by atoms with Crippen molar-refractivity contribution in [3.8, 4) is 0 Å². The van der Waals surface area contributed by atoms with E-state index in [2.05, 4.69) is 5.32 Å². The van der Waals surface area contributed by atoms with E-state index in [0.29, 0.717) is 12.1 Å². The van der Waals surface area contributed by atoms with Crippen LogP contribution in [0.25, 0.3) is 0 Å². The van der Waals surface area contributed by atoms with E-state index in [1.54, 1.807) is 13.8 Å². The maximum absolute atomic E-state index is 13.4. The molecule has 0 unspecified atom stereocenters. The standard InChI is InChI=1S/C38H44N4O3/c1-35(2,3)42(45)37(6,7)34(43)40-36(4,5)26-27-23-24-31-32(25-27)41(44)38(28-17-11-8-12-18-28,29-19-13-9-14-20-29)33(31)39-30-21-15-10-16-22-30/h8-25,44-45H,26H2,1-7H3,(H,40,43)/b39-33+. The van der Waals surface area contributed by atoms with E-state index < -0.39 is 22.2 Å². The fraction of sp³-hybridized carbons (Fsp3) is 0.316. The number of aliphatic imine (C=N–C) groups is 1. The van der Waals surface area contributed by atoms with Gasteiger partial charge in [-0.1, -0.05) is 91.0 Å². The summed E-state index contributed by atoms with van der Waals surface area (Å²) >= 11 is 0. The lowest BCUT2D eigenvalue weighted by molar-refractivity contribution is -0.218. The summed E-state index contributed by atoms with van der Waals surface area (Å²) < 4.78 is 0. The van der Waals surface area contributed by atoms with Gasteiger partial charge in [0.2, 0.25) is 5.91 Å². The molecule has 1 aliphatic rings. The summed E-state index contributed by atoms with van der Waals surface area (Å²) in [6.07, 6.45) is 0.492. The van der Waals surface area contributed by atoms with Crippen molar-refractivity contribution in [3.63, 3.8) is 0 Å². The number of benzene rings is 4. The van der Waals surface area contributed by atoms with Crippen LogP contribution in [-0.4, -0.2) is 43.7 Å². The maximum atomic E-state index is 13.4. The van der Waals surface area contributed by atoms with E-state index in [-0.39, 0.29) is 5.91 Å². The number of nitrogens with zero attached hydrogens (tertiary/aromatic N) is 3. The Hall–Kier alpha value is -4.30. The SMILES string of the molecule is CC(C)(Cc1ccc2c(c1)N(O)C(c1ccccc1)(c1ccccc1)/C2=N/c1ccccc1)NC(=O)C(C)(C)N(O)C(C)(C)C. The zero-order chi connectivity index (χ0) is 32.6. The Labute approximate surface area is 266 Å². The van der Waals surface area contributed by atoms with Gasteiger partial charge < -0.3 is 10.5 Å². The lowest BCUT2D eigenvalue weighted by atomic mass is 9.78. The van der Waals surface area contributed by atoms with E-state index >= 15 is 0 Å². The van der Waals surface area contributed by atoms with E-state index in [1.807, 2.05) is 144 Å². The van der Waals surface area contributed by atoms with Gasteiger partial charge in [-0.3, -0.25) is 10.0 Å². The van der Waals surface area contributed by atoms with Gasteiger partial charge in [0.25, 0.3) is 0 Å². The van der Waals surface area contributed by atoms with E-state index in [4.69, 9.17) is 4.99 Å². The Kier molecular flexibility index (Phi) is 8.49. The van der Waals surface area contributed by atoms with Crippen LogP contribution < -0.4 is 10.4 Å². The van der Waals surface area contributed by atoms with Gasteiger partial charge in [-0.2, -0.15) is 5.06 Å². The average molecular weight is 605 g/mol. The molecule has 0 fully saturated rings. The van der Waals surface area contributed by atoms with Gasteiger partial charge in [-0.05, 0) is 89.8 Å². The summed E-state index contributed by atoms with van der Waals surface area (Å²) in [5.74, 6) is -0.278. The molecule has 1 amide bonds. The smallest absolute Gasteiger partial charge is 0.242 e. The molecule has 0 aliphatic carbocycles. The zero-order valence-electron chi connectivity index (χ0n) is 27.2. The fourth-order valence-electron chi connectivity index (χ4n) is 6.30. The zero-order valence-corrected chi connectivity index (χ0v) is 27.2. The van der Waals surface area contributed by atoms with Gasteiger partial charge in [0.15, 0.2) is 5.54 Å². The molecule has 7 nitrogen and oxygen atoms in total. The minimum absolute atomic E-state index is 0.278. The van der Waals surface area contributed by atoms with Crippen molar-refractivity contribution in [2.75, 3.05) is 5.06 Å². The number of hydrogen-bond acceptors (Lipinski definition) is 6. The Morgan fingerprint density at radius 2 is 1.31 bits per heavy atom. The third-order valence-corrected chi connectivity index (χ3v) is 8.40. The molecule has 7 heteroatoms. The molecule has 0 radical (unpaired) electrons. The first-order valence-corrected chi connectivity index (χ1v) is 15.4. The number of para-hydroxylation sites is 1. The van der Waals surface area contributed by atoms with Crippen LogP contribution in [0.5, 0.6) is 0 Å². The Balaban J connectivity index is 1.58. The van der Waals surface area contributed by atoms with Crippen LogP contribution in [0.2, 0.25) is 0 Å². The fourth-order valence-corrected chi connectivity index (χ4v) is 6.30. The van der Waals surface area contributed by atoms with Crippen LogP contribution >= 0.6 is 0 Å². The topological polar surface area (TPSA) is 88.4 Å². The molecule has 0 saturated heterocycles. The Morgan fingerprint density at radius 3 is 1.82 bits per heavy atom. The molecular weight excluding hydrogens is 560 g/mol. The third-order valence-electron chi connectivity index (χ3n) is 8.40.